The lowest BCUT2D eigenvalue weighted by molar-refractivity contribution is -0.137. The molecular weight excluding hydrogens is 1340 g/mol. The Morgan fingerprint density at radius 1 is 0.461 bits per heavy atom. The van der Waals surface area contributed by atoms with Crippen molar-refractivity contribution in [2.75, 3.05) is 157 Å². The van der Waals surface area contributed by atoms with Gasteiger partial charge < -0.3 is 116 Å². The number of carbonyl (C=O) groups excluding carboxylic acids is 8. The standard InChI is InChI=1S/C31H45N7O9.C30H42N6O10.C3H7NO.2CH5N/c1-5-44-17-23-36-28-29(38(23)20-31(2,3)43)21-8-6-7-9-22(21)35-30(28)37-25(40)16-34-27(42)19-47-15-13-45-12-14-46-18-26(41)33-11-10-24(39)32-4;1-4-43-16-22-34-27-28(36(22)19-30(2,3)42)20-7-5-6-8-21(20)33-29(27)35-23(37)15-32-25(39)18-46-14-12-44-11-13-45-17-24(38)31-10-9-26(40)41;1-3(5)4-2;2*1-2/h6-9,43H,5,10-20H2,1-4H3,(H,32,39)(H,33,41)(H,34,42)(H,35,37,40);5-8,42H,4,9-19H2,1-3H3,(H,31,38)(H,32,39)(H,40,41)(H,33,35,37);1-2H3,(H,4,5);2*2H2,1H3. The van der Waals surface area contributed by atoms with Gasteiger partial charge in [-0.1, -0.05) is 36.4 Å². The van der Waals surface area contributed by atoms with E-state index in [9.17, 15) is 53.4 Å². The van der Waals surface area contributed by atoms with E-state index in [1.54, 1.807) is 34.7 Å². The number of aliphatic carboxylic acids is 1. The number of pyridine rings is 2. The van der Waals surface area contributed by atoms with Crippen LogP contribution in [0.15, 0.2) is 48.5 Å². The van der Waals surface area contributed by atoms with Gasteiger partial charge in [-0.2, -0.15) is 0 Å². The van der Waals surface area contributed by atoms with Crippen LogP contribution in [0.5, 0.6) is 0 Å². The molecule has 0 fully saturated rings. The van der Waals surface area contributed by atoms with Gasteiger partial charge >= 0.3 is 5.97 Å². The predicted molar refractivity (Wildman–Crippen MR) is 378 cm³/mol. The van der Waals surface area contributed by atoms with Crippen molar-refractivity contribution >= 4 is 109 Å². The van der Waals surface area contributed by atoms with Crippen molar-refractivity contribution < 1.29 is 96.4 Å². The Hall–Kier alpha value is -9.05. The zero-order valence-electron chi connectivity index (χ0n) is 60.2. The number of aliphatic hydroxyl groups is 2. The fourth-order valence-electron chi connectivity index (χ4n) is 8.66. The monoisotopic (exact) mass is 1440 g/mol. The van der Waals surface area contributed by atoms with E-state index in [4.69, 9.17) is 53.0 Å². The fraction of sp³-hybridized carbons (Fsp3) is 0.561. The van der Waals surface area contributed by atoms with Crippen molar-refractivity contribution in [1.29, 1.82) is 0 Å². The Kier molecular flexibility index (Phi) is 43.2. The van der Waals surface area contributed by atoms with Gasteiger partial charge in [0.25, 0.3) is 0 Å². The first-order chi connectivity index (χ1) is 48.8. The van der Waals surface area contributed by atoms with E-state index in [-0.39, 0.29) is 174 Å². The van der Waals surface area contributed by atoms with E-state index < -0.39 is 46.7 Å². The predicted octanol–water partition coefficient (Wildman–Crippen LogP) is -0.262. The molecule has 0 unspecified atom stereocenters. The third-order valence-electron chi connectivity index (χ3n) is 13.1. The molecule has 0 atom stereocenters. The van der Waals surface area contributed by atoms with Crippen molar-refractivity contribution in [1.82, 2.24) is 61.0 Å². The quantitative estimate of drug-likeness (QED) is 0.0220. The summed E-state index contributed by atoms with van der Waals surface area (Å²) in [6.45, 7) is 13.9. The van der Waals surface area contributed by atoms with E-state index in [1.807, 2.05) is 71.5 Å². The molecular formula is C66H104N16O20. The number of rotatable bonds is 42. The fourth-order valence-corrected chi connectivity index (χ4v) is 8.66. The Morgan fingerprint density at radius 3 is 1.12 bits per heavy atom. The molecule has 4 aromatic heterocycles. The van der Waals surface area contributed by atoms with Gasteiger partial charge in [0.2, 0.25) is 47.3 Å². The lowest BCUT2D eigenvalue weighted by Crippen LogP contribution is -2.35. The number of nitrogens with two attached hydrogens (primary N) is 2. The Morgan fingerprint density at radius 2 is 0.794 bits per heavy atom. The van der Waals surface area contributed by atoms with E-state index in [1.165, 1.54) is 28.1 Å². The maximum absolute atomic E-state index is 12.8. The van der Waals surface area contributed by atoms with Crippen molar-refractivity contribution in [3.63, 3.8) is 0 Å². The molecule has 0 aliphatic carbocycles. The van der Waals surface area contributed by atoms with Crippen molar-refractivity contribution in [2.45, 2.75) is 98.8 Å². The van der Waals surface area contributed by atoms with E-state index in [0.717, 1.165) is 10.8 Å². The summed E-state index contributed by atoms with van der Waals surface area (Å²) in [4.78, 5) is 123. The third kappa shape index (κ3) is 35.0. The number of nitrogens with one attached hydrogen (secondary N) is 8. The van der Waals surface area contributed by atoms with Crippen LogP contribution in [0.25, 0.3) is 43.9 Å². The number of ether oxygens (including phenoxy) is 8. The topological polar surface area (TPSA) is 498 Å². The number of carboxylic acids is 1. The normalized spacial score (nSPS) is 11.0. The first-order valence-corrected chi connectivity index (χ1v) is 32.8. The SMILES string of the molecule is CCOCc1nc2c(NC(=O)CNC(=O)COCCOCCOCC(=O)NCCC(=O)NC)nc3ccccc3c2n1CC(C)(C)O.CCOCc1nc2c(NC(=O)CNC(=O)COCCOCCOCC(=O)NCCC(=O)O)nc3ccccc3c2n1CC(C)(C)O.CN.CN.CNC(C)=O. The van der Waals surface area contributed by atoms with Gasteiger partial charge in [0.15, 0.2) is 11.6 Å². The molecule has 4 heterocycles. The van der Waals surface area contributed by atoms with E-state index in [2.05, 4.69) is 64.0 Å². The zero-order chi connectivity index (χ0) is 76.0. The van der Waals surface area contributed by atoms with Gasteiger partial charge in [0, 0.05) is 64.5 Å². The summed E-state index contributed by atoms with van der Waals surface area (Å²) in [6.07, 6.45) is 0.0262. The summed E-state index contributed by atoms with van der Waals surface area (Å²) in [5.74, 6) is -2.32. The zero-order valence-corrected chi connectivity index (χ0v) is 60.2. The van der Waals surface area contributed by atoms with Crippen LogP contribution >= 0.6 is 0 Å². The second-order valence-corrected chi connectivity index (χ2v) is 22.6. The number of amides is 8. The molecule has 102 heavy (non-hydrogen) atoms. The summed E-state index contributed by atoms with van der Waals surface area (Å²) >= 11 is 0. The van der Waals surface area contributed by atoms with Crippen molar-refractivity contribution in [2.24, 2.45) is 11.5 Å². The molecule has 568 valence electrons. The summed E-state index contributed by atoms with van der Waals surface area (Å²) in [5, 5.41) is 51.8. The molecule has 0 radical (unpaired) electrons. The second kappa shape index (κ2) is 49.5. The van der Waals surface area contributed by atoms with Crippen molar-refractivity contribution in [3.05, 3.63) is 60.2 Å². The highest BCUT2D eigenvalue weighted by Gasteiger charge is 2.26. The Balaban J connectivity index is 0.000000621. The minimum absolute atomic E-state index is 0.00463. The average molecular weight is 1440 g/mol. The summed E-state index contributed by atoms with van der Waals surface area (Å²) in [7, 11) is 6.12. The molecule has 0 aliphatic heterocycles. The second-order valence-electron chi connectivity index (χ2n) is 22.6. The molecule has 6 aromatic rings. The molecule has 36 nitrogen and oxygen atoms in total. The van der Waals surface area contributed by atoms with Crippen LogP contribution in [-0.2, 0) is 107 Å². The van der Waals surface area contributed by atoms with Crippen LogP contribution in [-0.4, -0.2) is 256 Å². The van der Waals surface area contributed by atoms with Crippen LogP contribution in [0.2, 0.25) is 0 Å². The molecule has 2 aromatic carbocycles. The summed E-state index contributed by atoms with van der Waals surface area (Å²) in [6, 6.07) is 14.9. The van der Waals surface area contributed by atoms with E-state index >= 15 is 0 Å². The summed E-state index contributed by atoms with van der Waals surface area (Å²) < 4.78 is 46.6. The molecule has 0 saturated carbocycles. The molecule has 6 rings (SSSR count). The molecule has 0 aliphatic rings. The number of para-hydroxylation sites is 2. The lowest BCUT2D eigenvalue weighted by Gasteiger charge is -2.20. The van der Waals surface area contributed by atoms with E-state index in [0.29, 0.717) is 58.0 Å². The van der Waals surface area contributed by atoms with Gasteiger partial charge in [0.1, 0.15) is 62.3 Å². The molecule has 0 bridgehead atoms. The molecule has 0 spiro atoms. The van der Waals surface area contributed by atoms with Crippen LogP contribution in [0.3, 0.4) is 0 Å². The van der Waals surface area contributed by atoms with Gasteiger partial charge in [-0.3, -0.25) is 43.2 Å². The molecule has 0 saturated heterocycles. The highest BCUT2D eigenvalue weighted by atomic mass is 16.6. The number of aromatic nitrogens is 6. The number of imidazole rings is 2. The number of benzene rings is 2. The minimum atomic E-state index is -1.05. The third-order valence-corrected chi connectivity index (χ3v) is 13.1. The minimum Gasteiger partial charge on any atom is -0.481 e. The number of carboxylic acid groups (broad SMARTS) is 1. The average Bonchev–Trinajstić information content (AvgIpc) is 1.59. The van der Waals surface area contributed by atoms with Gasteiger partial charge in [-0.15, -0.1) is 0 Å². The van der Waals surface area contributed by atoms with Gasteiger partial charge in [0.05, 0.1) is 119 Å². The largest absolute Gasteiger partial charge is 0.481 e. The number of carbonyl (C=O) groups is 9. The number of fused-ring (bicyclic) bond motifs is 6. The van der Waals surface area contributed by atoms with Crippen LogP contribution in [0.1, 0.15) is 73.0 Å². The van der Waals surface area contributed by atoms with Crippen LogP contribution < -0.4 is 54.0 Å². The first kappa shape index (κ1) is 89.0. The smallest absolute Gasteiger partial charge is 0.305 e. The van der Waals surface area contributed by atoms with Gasteiger partial charge in [-0.25, -0.2) is 19.9 Å². The number of nitrogens with zero attached hydrogens (tertiary/aromatic N) is 6. The maximum Gasteiger partial charge on any atom is 0.305 e. The number of hydrogen-bond acceptors (Lipinski definition) is 25. The highest BCUT2D eigenvalue weighted by Crippen LogP contribution is 2.33. The molecule has 15 N–H and O–H groups in total. The highest BCUT2D eigenvalue weighted by molar-refractivity contribution is 6.11. The van der Waals surface area contributed by atoms with Crippen LogP contribution in [0.4, 0.5) is 11.6 Å². The summed E-state index contributed by atoms with van der Waals surface area (Å²) in [5.41, 5.74) is 10.4. The van der Waals surface area contributed by atoms with Crippen LogP contribution in [0, 0.1) is 0 Å². The Bertz CT molecular complexity index is 3580. The lowest BCUT2D eigenvalue weighted by atomic mass is 10.1. The first-order valence-electron chi connectivity index (χ1n) is 32.8. The molecule has 36 heteroatoms. The maximum atomic E-state index is 12.8. The van der Waals surface area contributed by atoms with Crippen molar-refractivity contribution in [3.8, 4) is 0 Å². The Labute approximate surface area is 592 Å². The number of anilines is 2. The number of hydrogen-bond donors (Lipinski definition) is 13. The van der Waals surface area contributed by atoms with Gasteiger partial charge in [-0.05, 0) is 67.8 Å². The molecule has 8 amide bonds.